The Morgan fingerprint density at radius 2 is 1.79 bits per heavy atom. The maximum absolute atomic E-state index is 15.1. The van der Waals surface area contributed by atoms with Crippen molar-refractivity contribution in [2.24, 2.45) is 5.92 Å². The summed E-state index contributed by atoms with van der Waals surface area (Å²) >= 11 is 0. The quantitative estimate of drug-likeness (QED) is 0.265. The van der Waals surface area contributed by atoms with Gasteiger partial charge in [0.15, 0.2) is 5.60 Å². The van der Waals surface area contributed by atoms with Crippen molar-refractivity contribution in [3.8, 4) is 5.75 Å². The highest BCUT2D eigenvalue weighted by Crippen LogP contribution is 2.60. The van der Waals surface area contributed by atoms with Crippen LogP contribution < -0.4 is 19.7 Å². The van der Waals surface area contributed by atoms with Gasteiger partial charge in [0.2, 0.25) is 11.8 Å². The highest BCUT2D eigenvalue weighted by molar-refractivity contribution is 6.91. The van der Waals surface area contributed by atoms with Crippen LogP contribution in [0.2, 0.25) is 18.6 Å². The molecule has 3 aromatic carbocycles. The van der Waals surface area contributed by atoms with Crippen LogP contribution in [0.4, 0.5) is 11.4 Å². The van der Waals surface area contributed by atoms with Gasteiger partial charge in [-0.3, -0.25) is 14.4 Å². The molecule has 0 aliphatic carbocycles. The van der Waals surface area contributed by atoms with Gasteiger partial charge < -0.3 is 29.3 Å². The molecule has 0 saturated carbocycles. The number of ether oxygens (including phenoxy) is 2. The molecule has 48 heavy (non-hydrogen) atoms. The van der Waals surface area contributed by atoms with Crippen molar-refractivity contribution < 1.29 is 29.0 Å². The third-order valence-electron chi connectivity index (χ3n) is 11.4. The average molecular weight is 668 g/mol. The van der Waals surface area contributed by atoms with Crippen molar-refractivity contribution in [3.63, 3.8) is 0 Å². The zero-order valence-corrected chi connectivity index (χ0v) is 29.2. The van der Waals surface area contributed by atoms with Gasteiger partial charge in [-0.25, -0.2) is 0 Å². The Labute approximate surface area is 283 Å². The van der Waals surface area contributed by atoms with Crippen molar-refractivity contribution >= 4 is 42.4 Å². The van der Waals surface area contributed by atoms with E-state index in [1.807, 2.05) is 65.6 Å². The minimum Gasteiger partial charge on any atom is -0.497 e. The molecule has 252 valence electrons. The molecule has 10 heteroatoms. The zero-order chi connectivity index (χ0) is 33.8. The smallest absolute Gasteiger partial charge is 0.264 e. The fourth-order valence-corrected chi connectivity index (χ4v) is 12.8. The number of carbonyl (C=O) groups excluding carboxylic acids is 3. The Morgan fingerprint density at radius 3 is 2.44 bits per heavy atom. The second kappa shape index (κ2) is 12.5. The van der Waals surface area contributed by atoms with E-state index in [4.69, 9.17) is 9.47 Å². The van der Waals surface area contributed by atoms with E-state index >= 15 is 4.79 Å². The molecule has 5 atom stereocenters. The predicted molar refractivity (Wildman–Crippen MR) is 187 cm³/mol. The lowest BCUT2D eigenvalue weighted by Crippen LogP contribution is -2.52. The molecular formula is C38H45N3O6Si. The van der Waals surface area contributed by atoms with Gasteiger partial charge in [-0.2, -0.15) is 0 Å². The van der Waals surface area contributed by atoms with Crippen LogP contribution in [-0.4, -0.2) is 74.8 Å². The van der Waals surface area contributed by atoms with E-state index in [-0.39, 0.29) is 48.3 Å². The standard InChI is InChI=1S/C38H45N3O6Si/c1-25-36(48(3,4)30-15-13-29(46-2)14-16-30)33(22-35(44)39-19-8-11-28(39)24-42)47-38(25)31-21-27(40-20-18-34(40)43)12-17-32(31)41(37(38)45)23-26-9-6-5-7-10-26/h5-7,9-10,12-17,21,25,28,33,36,42H,8,11,18-20,22-24H2,1-4H3/t25-,28-,33+,36-,38+/m0/s1. The van der Waals surface area contributed by atoms with E-state index in [1.54, 1.807) is 16.9 Å². The van der Waals surface area contributed by atoms with E-state index in [9.17, 15) is 14.7 Å². The molecule has 3 aromatic rings. The summed E-state index contributed by atoms with van der Waals surface area (Å²) in [5.74, 6) is 0.386. The van der Waals surface area contributed by atoms with Crippen molar-refractivity contribution in [2.45, 2.75) is 75.5 Å². The number of β-lactam (4-membered cyclic amide) rings is 1. The van der Waals surface area contributed by atoms with Crippen molar-refractivity contribution in [1.29, 1.82) is 0 Å². The predicted octanol–water partition coefficient (Wildman–Crippen LogP) is 4.57. The number of fused-ring (bicyclic) bond motifs is 2. The number of likely N-dealkylation sites (tertiary alicyclic amines) is 1. The molecule has 0 radical (unpaired) electrons. The van der Waals surface area contributed by atoms with Gasteiger partial charge in [0, 0.05) is 36.7 Å². The van der Waals surface area contributed by atoms with Crippen molar-refractivity contribution in [1.82, 2.24) is 4.90 Å². The highest BCUT2D eigenvalue weighted by atomic mass is 28.3. The molecule has 0 bridgehead atoms. The Kier molecular flexibility index (Phi) is 8.46. The molecule has 0 aromatic heterocycles. The minimum absolute atomic E-state index is 0.0444. The van der Waals surface area contributed by atoms with Gasteiger partial charge in [-0.1, -0.05) is 67.7 Å². The van der Waals surface area contributed by atoms with Gasteiger partial charge in [0.1, 0.15) is 5.75 Å². The fraction of sp³-hybridized carbons (Fsp3) is 0.447. The van der Waals surface area contributed by atoms with E-state index < -0.39 is 19.8 Å². The number of rotatable bonds is 9. The second-order valence-electron chi connectivity index (χ2n) is 14.3. The second-order valence-corrected chi connectivity index (χ2v) is 19.0. The number of aliphatic hydroxyl groups excluding tert-OH is 1. The fourth-order valence-electron chi connectivity index (χ4n) is 8.82. The molecule has 3 fully saturated rings. The number of anilines is 2. The van der Waals surface area contributed by atoms with Gasteiger partial charge in [0.05, 0.1) is 52.6 Å². The van der Waals surface area contributed by atoms with Gasteiger partial charge in [0.25, 0.3) is 5.91 Å². The van der Waals surface area contributed by atoms with Crippen molar-refractivity contribution in [3.05, 3.63) is 83.9 Å². The third-order valence-corrected chi connectivity index (χ3v) is 15.8. The van der Waals surface area contributed by atoms with Crippen LogP contribution in [0.25, 0.3) is 0 Å². The summed E-state index contributed by atoms with van der Waals surface area (Å²) in [5.41, 5.74) is 1.88. The number of aliphatic hydroxyl groups is 1. The molecule has 4 heterocycles. The summed E-state index contributed by atoms with van der Waals surface area (Å²) in [7, 11) is -0.806. The van der Waals surface area contributed by atoms with Gasteiger partial charge in [-0.15, -0.1) is 0 Å². The Hall–Kier alpha value is -3.99. The third kappa shape index (κ3) is 5.16. The molecular weight excluding hydrogens is 623 g/mol. The minimum atomic E-state index is -2.46. The summed E-state index contributed by atoms with van der Waals surface area (Å²) in [6.45, 7) is 8.30. The molecule has 3 saturated heterocycles. The van der Waals surface area contributed by atoms with Crippen LogP contribution >= 0.6 is 0 Å². The first-order valence-electron chi connectivity index (χ1n) is 17.1. The first-order chi connectivity index (χ1) is 23.1. The molecule has 3 amide bonds. The molecule has 9 nitrogen and oxygen atoms in total. The normalized spacial score (nSPS) is 26.7. The highest BCUT2D eigenvalue weighted by Gasteiger charge is 2.66. The lowest BCUT2D eigenvalue weighted by molar-refractivity contribution is -0.150. The van der Waals surface area contributed by atoms with Crippen LogP contribution in [0, 0.1) is 5.92 Å². The van der Waals surface area contributed by atoms with E-state index in [2.05, 4.69) is 32.2 Å². The first kappa shape index (κ1) is 32.5. The number of methoxy groups -OCH3 is 1. The molecule has 0 unspecified atom stereocenters. The lowest BCUT2D eigenvalue weighted by Gasteiger charge is -2.37. The Morgan fingerprint density at radius 1 is 1.04 bits per heavy atom. The van der Waals surface area contributed by atoms with E-state index in [1.165, 1.54) is 5.19 Å². The molecule has 1 N–H and O–H groups in total. The van der Waals surface area contributed by atoms with E-state index in [0.717, 1.165) is 41.1 Å². The summed E-state index contributed by atoms with van der Waals surface area (Å²) < 4.78 is 12.7. The first-order valence-corrected chi connectivity index (χ1v) is 20.2. The number of amides is 3. The SMILES string of the molecule is COc1ccc([Si](C)(C)[C@@H]2[C@@H](CC(=O)N3CCC[C@H]3CO)O[C@]3(C(=O)N(Cc4ccccc4)c4ccc(N5CCC5=O)cc43)[C@H]2C)cc1. The largest absolute Gasteiger partial charge is 0.497 e. The number of carbonyl (C=O) groups is 3. The molecule has 4 aliphatic heterocycles. The maximum Gasteiger partial charge on any atom is 0.264 e. The topological polar surface area (TPSA) is 99.6 Å². The maximum atomic E-state index is 15.1. The average Bonchev–Trinajstić information content (AvgIpc) is 3.75. The van der Waals surface area contributed by atoms with Crippen molar-refractivity contribution in [2.75, 3.05) is 36.6 Å². The summed E-state index contributed by atoms with van der Waals surface area (Å²) in [5, 5.41) is 11.2. The number of benzene rings is 3. The zero-order valence-electron chi connectivity index (χ0n) is 28.2. The summed E-state index contributed by atoms with van der Waals surface area (Å²) in [6, 6.07) is 23.8. The van der Waals surface area contributed by atoms with Gasteiger partial charge in [-0.05, 0) is 54.3 Å². The van der Waals surface area contributed by atoms with Gasteiger partial charge >= 0.3 is 0 Å². The Bertz CT molecular complexity index is 1720. The van der Waals surface area contributed by atoms with Crippen LogP contribution in [-0.2, 0) is 31.3 Å². The lowest BCUT2D eigenvalue weighted by atomic mass is 9.82. The van der Waals surface area contributed by atoms with Crippen LogP contribution in [0.3, 0.4) is 0 Å². The number of nitrogens with zero attached hydrogens (tertiary/aromatic N) is 3. The van der Waals surface area contributed by atoms with Crippen LogP contribution in [0.15, 0.2) is 72.8 Å². The summed E-state index contributed by atoms with van der Waals surface area (Å²) in [6.07, 6.45) is 1.75. The Balaban J connectivity index is 1.34. The molecule has 4 aliphatic rings. The van der Waals surface area contributed by atoms with Crippen LogP contribution in [0.1, 0.15) is 43.7 Å². The molecule has 1 spiro atoms. The van der Waals surface area contributed by atoms with E-state index in [0.29, 0.717) is 26.1 Å². The summed E-state index contributed by atoms with van der Waals surface area (Å²) in [4.78, 5) is 47.1. The van der Waals surface area contributed by atoms with Crippen LogP contribution in [0.5, 0.6) is 5.75 Å². The number of hydrogen-bond acceptors (Lipinski definition) is 6. The monoisotopic (exact) mass is 667 g/mol. The molecule has 7 rings (SSSR count). The number of hydrogen-bond donors (Lipinski definition) is 1.